The molecule has 1 aliphatic heterocycles. The number of aromatic nitrogens is 2. The number of fused-ring (bicyclic) bond motifs is 3. The van der Waals surface area contributed by atoms with Crippen LogP contribution in [0.1, 0.15) is 36.2 Å². The van der Waals surface area contributed by atoms with Crippen LogP contribution >= 0.6 is 0 Å². The molecular formula is C23H26N4O. The van der Waals surface area contributed by atoms with Gasteiger partial charge in [-0.25, -0.2) is 4.98 Å². The van der Waals surface area contributed by atoms with Crippen molar-refractivity contribution in [3.05, 3.63) is 58.9 Å². The van der Waals surface area contributed by atoms with Gasteiger partial charge in [0.2, 0.25) is 5.91 Å². The molecule has 0 atom stereocenters. The lowest BCUT2D eigenvalue weighted by Gasteiger charge is -2.23. The van der Waals surface area contributed by atoms with Crippen LogP contribution in [0, 0.1) is 6.92 Å². The van der Waals surface area contributed by atoms with E-state index in [1.165, 1.54) is 34.6 Å². The first-order chi connectivity index (χ1) is 13.4. The summed E-state index contributed by atoms with van der Waals surface area (Å²) < 4.78 is 2.36. The van der Waals surface area contributed by atoms with Crippen molar-refractivity contribution in [2.24, 2.45) is 0 Å². The number of amides is 1. The van der Waals surface area contributed by atoms with E-state index < -0.39 is 0 Å². The molecule has 28 heavy (non-hydrogen) atoms. The van der Waals surface area contributed by atoms with Crippen molar-refractivity contribution in [2.75, 3.05) is 18.9 Å². The molecule has 2 aromatic heterocycles. The molecule has 0 saturated carbocycles. The number of rotatable bonds is 3. The summed E-state index contributed by atoms with van der Waals surface area (Å²) in [5.41, 5.74) is 7.58. The quantitative estimate of drug-likeness (QED) is 0.743. The SMILES string of the molecule is CC(=O)Nc1ccc(/C(C)=C\n2c3c(c4cc(C)ccc42)CN(C)CC3)cn1. The van der Waals surface area contributed by atoms with Gasteiger partial charge in [0.25, 0.3) is 0 Å². The number of carbonyl (C=O) groups excluding carboxylic acids is 1. The van der Waals surface area contributed by atoms with Crippen molar-refractivity contribution in [1.29, 1.82) is 0 Å². The standard InChI is InChI=1S/C23H26N4O/c1-15-5-7-21-19(11-15)20-14-26(4)10-9-22(20)27(21)13-16(2)18-6-8-23(24-12-18)25-17(3)28/h5-8,11-13H,9-10,14H2,1-4H3,(H,24,25,28)/b16-13-. The minimum Gasteiger partial charge on any atom is -0.320 e. The third kappa shape index (κ3) is 3.45. The molecule has 0 bridgehead atoms. The van der Waals surface area contributed by atoms with E-state index in [-0.39, 0.29) is 5.91 Å². The highest BCUT2D eigenvalue weighted by Gasteiger charge is 2.21. The lowest BCUT2D eigenvalue weighted by atomic mass is 10.0. The van der Waals surface area contributed by atoms with Crippen molar-refractivity contribution >= 4 is 34.4 Å². The Hall–Kier alpha value is -2.92. The van der Waals surface area contributed by atoms with Gasteiger partial charge in [0.15, 0.2) is 0 Å². The Labute approximate surface area is 165 Å². The van der Waals surface area contributed by atoms with Crippen LogP contribution in [0.4, 0.5) is 5.82 Å². The molecule has 0 fully saturated rings. The molecule has 0 aliphatic carbocycles. The van der Waals surface area contributed by atoms with Crippen molar-refractivity contribution in [1.82, 2.24) is 14.5 Å². The number of hydrogen-bond donors (Lipinski definition) is 1. The molecule has 0 unspecified atom stereocenters. The van der Waals surface area contributed by atoms with Crippen molar-refractivity contribution < 1.29 is 4.79 Å². The molecule has 3 aromatic rings. The molecule has 1 aromatic carbocycles. The minimum absolute atomic E-state index is 0.113. The summed E-state index contributed by atoms with van der Waals surface area (Å²) >= 11 is 0. The van der Waals surface area contributed by atoms with E-state index in [0.717, 1.165) is 30.6 Å². The number of nitrogens with one attached hydrogen (secondary N) is 1. The van der Waals surface area contributed by atoms with Crippen LogP contribution in [0.3, 0.4) is 0 Å². The molecular weight excluding hydrogens is 348 g/mol. The average molecular weight is 374 g/mol. The average Bonchev–Trinajstić information content (AvgIpc) is 2.94. The Kier molecular flexibility index (Phi) is 4.77. The summed E-state index contributed by atoms with van der Waals surface area (Å²) in [5.74, 6) is 0.463. The monoisotopic (exact) mass is 374 g/mol. The number of aryl methyl sites for hydroxylation is 1. The summed E-state index contributed by atoms with van der Waals surface area (Å²) in [7, 11) is 2.19. The molecule has 3 heterocycles. The first-order valence-electron chi connectivity index (χ1n) is 9.65. The van der Waals surface area contributed by atoms with Crippen molar-refractivity contribution in [3.8, 4) is 0 Å². The van der Waals surface area contributed by atoms with Gasteiger partial charge < -0.3 is 14.8 Å². The van der Waals surface area contributed by atoms with E-state index >= 15 is 0 Å². The number of carbonyl (C=O) groups is 1. The number of pyridine rings is 1. The molecule has 4 rings (SSSR count). The Morgan fingerprint density at radius 3 is 2.75 bits per heavy atom. The van der Waals surface area contributed by atoms with E-state index in [0.29, 0.717) is 5.82 Å². The van der Waals surface area contributed by atoms with Crippen LogP contribution in [-0.4, -0.2) is 34.0 Å². The number of allylic oxidation sites excluding steroid dienone is 1. The molecule has 1 N–H and O–H groups in total. The van der Waals surface area contributed by atoms with Crippen LogP contribution in [0.25, 0.3) is 22.7 Å². The van der Waals surface area contributed by atoms with Gasteiger partial charge in [-0.05, 0) is 61.9 Å². The van der Waals surface area contributed by atoms with Gasteiger partial charge >= 0.3 is 0 Å². The van der Waals surface area contributed by atoms with Crippen LogP contribution in [-0.2, 0) is 17.8 Å². The maximum Gasteiger partial charge on any atom is 0.222 e. The Morgan fingerprint density at radius 1 is 1.21 bits per heavy atom. The number of likely N-dealkylation sites (N-methyl/N-ethyl adjacent to an activating group) is 1. The highest BCUT2D eigenvalue weighted by Crippen LogP contribution is 2.32. The first-order valence-corrected chi connectivity index (χ1v) is 9.65. The second kappa shape index (κ2) is 7.24. The molecule has 0 saturated heterocycles. The van der Waals surface area contributed by atoms with Crippen LogP contribution in [0.2, 0.25) is 0 Å². The van der Waals surface area contributed by atoms with E-state index in [2.05, 4.69) is 65.1 Å². The van der Waals surface area contributed by atoms with E-state index in [1.54, 1.807) is 0 Å². The predicted octanol–water partition coefficient (Wildman–Crippen LogP) is 4.31. The zero-order valence-corrected chi connectivity index (χ0v) is 16.9. The molecule has 5 nitrogen and oxygen atoms in total. The van der Waals surface area contributed by atoms with Gasteiger partial charge in [0.05, 0.1) is 5.52 Å². The largest absolute Gasteiger partial charge is 0.320 e. The van der Waals surface area contributed by atoms with E-state index in [4.69, 9.17) is 0 Å². The van der Waals surface area contributed by atoms with Crippen LogP contribution in [0.15, 0.2) is 36.5 Å². The van der Waals surface area contributed by atoms with Gasteiger partial charge in [-0.1, -0.05) is 11.6 Å². The van der Waals surface area contributed by atoms with E-state index in [1.807, 2.05) is 18.3 Å². The first kappa shape index (κ1) is 18.4. The molecule has 1 aliphatic rings. The van der Waals surface area contributed by atoms with Crippen molar-refractivity contribution in [3.63, 3.8) is 0 Å². The summed E-state index contributed by atoms with van der Waals surface area (Å²) in [6.45, 7) is 7.81. The lowest BCUT2D eigenvalue weighted by Crippen LogP contribution is -2.26. The fraction of sp³-hybridized carbons (Fsp3) is 0.304. The molecule has 144 valence electrons. The topological polar surface area (TPSA) is 50.2 Å². The Bertz CT molecular complexity index is 1080. The zero-order chi connectivity index (χ0) is 19.8. The fourth-order valence-electron chi connectivity index (χ4n) is 3.94. The Morgan fingerprint density at radius 2 is 2.04 bits per heavy atom. The smallest absolute Gasteiger partial charge is 0.222 e. The van der Waals surface area contributed by atoms with Gasteiger partial charge in [-0.15, -0.1) is 0 Å². The number of nitrogens with zero attached hydrogens (tertiary/aromatic N) is 3. The zero-order valence-electron chi connectivity index (χ0n) is 16.9. The van der Waals surface area contributed by atoms with Gasteiger partial charge in [-0.2, -0.15) is 0 Å². The molecule has 0 spiro atoms. The molecule has 0 radical (unpaired) electrons. The number of benzene rings is 1. The third-order valence-electron chi connectivity index (χ3n) is 5.38. The van der Waals surface area contributed by atoms with Crippen LogP contribution < -0.4 is 5.32 Å². The normalized spacial score (nSPS) is 14.9. The number of hydrogen-bond acceptors (Lipinski definition) is 3. The van der Waals surface area contributed by atoms with Gasteiger partial charge in [-0.3, -0.25) is 4.79 Å². The molecule has 5 heteroatoms. The third-order valence-corrected chi connectivity index (χ3v) is 5.38. The minimum atomic E-state index is -0.113. The van der Waals surface area contributed by atoms with E-state index in [9.17, 15) is 4.79 Å². The summed E-state index contributed by atoms with van der Waals surface area (Å²) in [5, 5.41) is 4.06. The van der Waals surface area contributed by atoms with Gasteiger partial charge in [0.1, 0.15) is 5.82 Å². The van der Waals surface area contributed by atoms with Gasteiger partial charge in [0, 0.05) is 49.9 Å². The highest BCUT2D eigenvalue weighted by molar-refractivity contribution is 5.91. The second-order valence-electron chi connectivity index (χ2n) is 7.73. The maximum atomic E-state index is 11.2. The number of anilines is 1. The summed E-state index contributed by atoms with van der Waals surface area (Å²) in [4.78, 5) is 17.9. The second-order valence-corrected chi connectivity index (χ2v) is 7.73. The molecule has 1 amide bonds. The predicted molar refractivity (Wildman–Crippen MR) is 115 cm³/mol. The fourth-order valence-corrected chi connectivity index (χ4v) is 3.94. The lowest BCUT2D eigenvalue weighted by molar-refractivity contribution is -0.114. The van der Waals surface area contributed by atoms with Crippen molar-refractivity contribution in [2.45, 2.75) is 33.7 Å². The maximum absolute atomic E-state index is 11.2. The van der Waals surface area contributed by atoms with Crippen LogP contribution in [0.5, 0.6) is 0 Å². The Balaban J connectivity index is 1.77. The highest BCUT2D eigenvalue weighted by atomic mass is 16.1. The summed E-state index contributed by atoms with van der Waals surface area (Å²) in [6.07, 6.45) is 5.08. The summed E-state index contributed by atoms with van der Waals surface area (Å²) in [6, 6.07) is 10.6.